The zero-order chi connectivity index (χ0) is 41.2. The van der Waals surface area contributed by atoms with Crippen molar-refractivity contribution in [1.29, 1.82) is 0 Å². The van der Waals surface area contributed by atoms with E-state index in [0.29, 0.717) is 77.2 Å². The molecule has 4 aliphatic carbocycles. The number of rotatable bonds is 13. The molecule has 1 aliphatic heterocycles. The van der Waals surface area contributed by atoms with Gasteiger partial charge in [-0.05, 0) is 127 Å². The van der Waals surface area contributed by atoms with E-state index >= 15 is 0 Å². The van der Waals surface area contributed by atoms with E-state index in [9.17, 15) is 24.0 Å². The first kappa shape index (κ1) is 44.1. The molecule has 316 valence electrons. The van der Waals surface area contributed by atoms with Crippen molar-refractivity contribution in [3.63, 3.8) is 0 Å². The van der Waals surface area contributed by atoms with E-state index in [4.69, 9.17) is 30.3 Å². The van der Waals surface area contributed by atoms with Crippen LogP contribution in [0.4, 0.5) is 0 Å². The molecule has 58 heavy (non-hydrogen) atoms. The second-order valence-electron chi connectivity index (χ2n) is 16.8. The highest BCUT2D eigenvalue weighted by atomic mass is 32.2. The van der Waals surface area contributed by atoms with Crippen LogP contribution in [0.2, 0.25) is 0 Å². The predicted molar refractivity (Wildman–Crippen MR) is 219 cm³/mol. The number of carbonyl (C=O) groups excluding carboxylic acids is 5. The molecule has 13 heteroatoms. The lowest BCUT2D eigenvalue weighted by Crippen LogP contribution is -2.33. The smallest absolute Gasteiger partial charge is 0.337 e. The summed E-state index contributed by atoms with van der Waals surface area (Å²) in [6, 6.07) is 3.17. The summed E-state index contributed by atoms with van der Waals surface area (Å²) in [5.74, 6) is -0.742. The summed E-state index contributed by atoms with van der Waals surface area (Å²) < 4.78 is 29.0. The minimum atomic E-state index is -0.793. The molecular formula is C45H59NO10S2. The standard InChI is InChI=1S/C45H59NO10S2/c1-5-7-27-9-13-29(14-10-27)40(47)53-33-21-17-31(18-22-33)42(49)55-35-25-26-36(39-38(35)57-45(58-39)37(46-3)44(51)52-4)56-43(50)32-19-23-34(24-20-32)54-41(48)30-15-11-28(8-6-2)12-16-30/h25-34H,5-24H2,1-2,4H3. The average Bonchev–Trinajstić information content (AvgIpc) is 3.69. The molecular weight excluding hydrogens is 779 g/mol. The Bertz CT molecular complexity index is 1620. The lowest BCUT2D eigenvalue weighted by Gasteiger charge is -2.31. The highest BCUT2D eigenvalue weighted by Gasteiger charge is 2.37. The van der Waals surface area contributed by atoms with E-state index in [2.05, 4.69) is 18.7 Å². The van der Waals surface area contributed by atoms with Gasteiger partial charge in [-0.3, -0.25) is 24.0 Å². The van der Waals surface area contributed by atoms with Gasteiger partial charge in [0, 0.05) is 0 Å². The molecule has 1 aromatic carbocycles. The molecule has 0 atom stereocenters. The van der Waals surface area contributed by atoms with Crippen molar-refractivity contribution in [2.24, 2.45) is 35.5 Å². The van der Waals surface area contributed by atoms with Gasteiger partial charge in [0.05, 0.1) is 51.4 Å². The first-order chi connectivity index (χ1) is 28.1. The Morgan fingerprint density at radius 3 is 1.29 bits per heavy atom. The largest absolute Gasteiger partial charge is 0.474 e. The second-order valence-corrected chi connectivity index (χ2v) is 19.1. The van der Waals surface area contributed by atoms with E-state index in [0.717, 1.165) is 74.9 Å². The Kier molecular flexibility index (Phi) is 16.1. The number of benzene rings is 1. The average molecular weight is 838 g/mol. The molecule has 4 fully saturated rings. The normalized spacial score (nSPS) is 28.3. The van der Waals surface area contributed by atoms with Crippen molar-refractivity contribution in [2.75, 3.05) is 7.11 Å². The molecule has 0 amide bonds. The third-order valence-electron chi connectivity index (χ3n) is 12.9. The number of hydrogen-bond acceptors (Lipinski definition) is 12. The molecule has 5 aliphatic rings. The molecule has 4 saturated carbocycles. The SMILES string of the molecule is [C-]#[N+]C(C(=O)OC)=C1Sc2c(OC(=O)C3CCC(OC(=O)C4CCC(CCC)CC4)CC3)ccc(OC(=O)C3CCC(OC(=O)C4CCC(CCC)CC4)CC3)c2S1. The summed E-state index contributed by atoms with van der Waals surface area (Å²) in [5, 5.41) is 0. The van der Waals surface area contributed by atoms with Crippen molar-refractivity contribution in [3.05, 3.63) is 33.5 Å². The third-order valence-corrected chi connectivity index (χ3v) is 15.5. The van der Waals surface area contributed by atoms with Crippen LogP contribution in [-0.2, 0) is 38.2 Å². The topological polar surface area (TPSA) is 136 Å². The van der Waals surface area contributed by atoms with E-state index in [1.807, 2.05) is 0 Å². The highest BCUT2D eigenvalue weighted by Crippen LogP contribution is 2.59. The molecule has 1 aromatic rings. The van der Waals surface area contributed by atoms with Gasteiger partial charge < -0.3 is 23.7 Å². The molecule has 11 nitrogen and oxygen atoms in total. The van der Waals surface area contributed by atoms with Gasteiger partial charge in [-0.2, -0.15) is 0 Å². The second kappa shape index (κ2) is 21.1. The maximum absolute atomic E-state index is 13.5. The summed E-state index contributed by atoms with van der Waals surface area (Å²) in [6.45, 7) is 12.1. The molecule has 6 rings (SSSR count). The molecule has 0 aromatic heterocycles. The van der Waals surface area contributed by atoms with E-state index in [-0.39, 0.29) is 65.0 Å². The monoisotopic (exact) mass is 837 g/mol. The van der Waals surface area contributed by atoms with Crippen LogP contribution in [-0.4, -0.2) is 49.2 Å². The van der Waals surface area contributed by atoms with Crippen molar-refractivity contribution >= 4 is 53.4 Å². The molecule has 0 saturated heterocycles. The molecule has 0 unspecified atom stereocenters. The Morgan fingerprint density at radius 1 is 0.586 bits per heavy atom. The van der Waals surface area contributed by atoms with Gasteiger partial charge in [-0.15, -0.1) is 0 Å². The van der Waals surface area contributed by atoms with Crippen LogP contribution in [0.3, 0.4) is 0 Å². The zero-order valence-electron chi connectivity index (χ0n) is 34.3. The summed E-state index contributed by atoms with van der Waals surface area (Å²) in [6.07, 6.45) is 16.7. The fourth-order valence-electron chi connectivity index (χ4n) is 9.38. The molecule has 0 spiro atoms. The Balaban J connectivity index is 1.04. The van der Waals surface area contributed by atoms with Crippen LogP contribution in [0.25, 0.3) is 4.85 Å². The number of fused-ring (bicyclic) bond motifs is 1. The van der Waals surface area contributed by atoms with Gasteiger partial charge in [-0.1, -0.05) is 63.1 Å². The third kappa shape index (κ3) is 11.2. The Labute approximate surface area is 351 Å². The van der Waals surface area contributed by atoms with Gasteiger partial charge in [0.25, 0.3) is 5.70 Å². The number of carbonyl (C=O) groups is 5. The van der Waals surface area contributed by atoms with Gasteiger partial charge in [-0.25, -0.2) is 4.85 Å². The molecule has 0 radical (unpaired) electrons. The maximum atomic E-state index is 13.5. The molecule has 1 heterocycles. The van der Waals surface area contributed by atoms with E-state index in [1.165, 1.54) is 32.8 Å². The van der Waals surface area contributed by atoms with Crippen LogP contribution in [0.1, 0.15) is 142 Å². The summed E-state index contributed by atoms with van der Waals surface area (Å²) in [7, 11) is 1.20. The minimum absolute atomic E-state index is 0.0342. The fraction of sp³-hybridized carbons (Fsp3) is 0.689. The Hall–Kier alpha value is -3.50. The van der Waals surface area contributed by atoms with Crippen molar-refractivity contribution in [1.82, 2.24) is 0 Å². The maximum Gasteiger partial charge on any atom is 0.337 e. The fourth-order valence-corrected chi connectivity index (χ4v) is 11.9. The number of esters is 5. The van der Waals surface area contributed by atoms with Crippen molar-refractivity contribution < 1.29 is 47.7 Å². The first-order valence-corrected chi connectivity index (χ1v) is 23.3. The van der Waals surface area contributed by atoms with E-state index in [1.54, 1.807) is 12.1 Å². The first-order valence-electron chi connectivity index (χ1n) is 21.7. The number of hydrogen-bond donors (Lipinski definition) is 0. The van der Waals surface area contributed by atoms with Crippen LogP contribution in [0.5, 0.6) is 11.5 Å². The Morgan fingerprint density at radius 2 is 0.948 bits per heavy atom. The predicted octanol–water partition coefficient (Wildman–Crippen LogP) is 10.4. The molecule has 0 N–H and O–H groups in total. The highest BCUT2D eigenvalue weighted by molar-refractivity contribution is 8.24. The number of ether oxygens (including phenoxy) is 5. The van der Waals surface area contributed by atoms with Gasteiger partial charge in [0.15, 0.2) is 0 Å². The van der Waals surface area contributed by atoms with E-state index < -0.39 is 17.9 Å². The van der Waals surface area contributed by atoms with Crippen LogP contribution >= 0.6 is 23.5 Å². The summed E-state index contributed by atoms with van der Waals surface area (Å²) in [4.78, 5) is 69.8. The number of methoxy groups -OCH3 is 1. The summed E-state index contributed by atoms with van der Waals surface area (Å²) in [5.41, 5.74) is -0.216. The van der Waals surface area contributed by atoms with Crippen LogP contribution in [0.15, 0.2) is 31.9 Å². The van der Waals surface area contributed by atoms with Crippen LogP contribution in [0, 0.1) is 42.1 Å². The van der Waals surface area contributed by atoms with Gasteiger partial charge >= 0.3 is 29.8 Å². The van der Waals surface area contributed by atoms with Gasteiger partial charge in [0.1, 0.15) is 23.7 Å². The lowest BCUT2D eigenvalue weighted by molar-refractivity contribution is -0.159. The summed E-state index contributed by atoms with van der Waals surface area (Å²) >= 11 is 2.20. The number of nitrogens with zero attached hydrogens (tertiary/aromatic N) is 1. The minimum Gasteiger partial charge on any atom is -0.474 e. The zero-order valence-corrected chi connectivity index (χ0v) is 35.9. The number of thioether (sulfide) groups is 2. The van der Waals surface area contributed by atoms with Crippen molar-refractivity contribution in [2.45, 2.75) is 164 Å². The van der Waals surface area contributed by atoms with Gasteiger partial charge in [0.2, 0.25) is 0 Å². The quantitative estimate of drug-likeness (QED) is 0.0615. The van der Waals surface area contributed by atoms with Crippen molar-refractivity contribution in [3.8, 4) is 11.5 Å². The van der Waals surface area contributed by atoms with Crippen LogP contribution < -0.4 is 9.47 Å². The molecule has 0 bridgehead atoms. The lowest BCUT2D eigenvalue weighted by atomic mass is 9.80.